The maximum Gasteiger partial charge on any atom is 0.212 e. The fraction of sp³-hybridized carbons (Fsp3) is 0.333. The summed E-state index contributed by atoms with van der Waals surface area (Å²) in [5.74, 6) is 1.06. The third-order valence-corrected chi connectivity index (χ3v) is 9.18. The zero-order valence-electron chi connectivity index (χ0n) is 19.7. The summed E-state index contributed by atoms with van der Waals surface area (Å²) in [6, 6.07) is 7.53. The van der Waals surface area contributed by atoms with Gasteiger partial charge in [0.15, 0.2) is 0 Å². The number of halogens is 3. The molecule has 1 atom stereocenters. The monoisotopic (exact) mass is 575 g/mol. The van der Waals surface area contributed by atoms with Gasteiger partial charge in [-0.1, -0.05) is 46.6 Å². The molecule has 2 aliphatic heterocycles. The Bertz CT molecular complexity index is 1470. The molecule has 0 radical (unpaired) electrons. The highest BCUT2D eigenvalue weighted by molar-refractivity contribution is 7.99. The molecule has 0 saturated carbocycles. The third kappa shape index (κ3) is 4.66. The molecule has 6 heterocycles. The van der Waals surface area contributed by atoms with E-state index in [2.05, 4.69) is 24.8 Å². The fourth-order valence-corrected chi connectivity index (χ4v) is 6.70. The summed E-state index contributed by atoms with van der Waals surface area (Å²) < 4.78 is 1.98. The molecule has 9 nitrogen and oxygen atoms in total. The highest BCUT2D eigenvalue weighted by Gasteiger charge is 2.47. The average Bonchev–Trinajstić information content (AvgIpc) is 3.42. The molecule has 37 heavy (non-hydrogen) atoms. The maximum atomic E-state index is 6.72. The Labute approximate surface area is 233 Å². The van der Waals surface area contributed by atoms with Crippen molar-refractivity contribution in [3.63, 3.8) is 0 Å². The minimum Gasteiger partial charge on any atom is -0.382 e. The lowest BCUT2D eigenvalue weighted by Gasteiger charge is -2.41. The third-order valence-electron chi connectivity index (χ3n) is 7.30. The Balaban J connectivity index is 1.23. The zero-order chi connectivity index (χ0) is 25.7. The molecule has 13 heteroatoms. The van der Waals surface area contributed by atoms with Crippen LogP contribution in [0.1, 0.15) is 12.8 Å². The summed E-state index contributed by atoms with van der Waals surface area (Å²) in [5, 5.41) is 2.06. The van der Waals surface area contributed by atoms with Gasteiger partial charge in [-0.2, -0.15) is 0 Å². The van der Waals surface area contributed by atoms with Crippen LogP contribution in [0.15, 0.2) is 52.8 Å². The molecule has 2 aliphatic rings. The first-order valence-corrected chi connectivity index (χ1v) is 13.8. The normalized spacial score (nSPS) is 19.3. The van der Waals surface area contributed by atoms with E-state index in [4.69, 9.17) is 51.3 Å². The number of fused-ring (bicyclic) bond motifs is 1. The second-order valence-electron chi connectivity index (χ2n) is 9.47. The van der Waals surface area contributed by atoms with E-state index in [1.807, 2.05) is 28.8 Å². The van der Waals surface area contributed by atoms with E-state index in [9.17, 15) is 0 Å². The number of nitrogens with zero attached hydrogens (tertiary/aromatic N) is 7. The van der Waals surface area contributed by atoms with Crippen LogP contribution in [0.25, 0.3) is 5.65 Å². The second-order valence-corrected chi connectivity index (χ2v) is 11.7. The van der Waals surface area contributed by atoms with Crippen LogP contribution in [0.2, 0.25) is 15.3 Å². The van der Waals surface area contributed by atoms with Crippen molar-refractivity contribution in [1.82, 2.24) is 24.3 Å². The molecular formula is C24H24Cl3N9S. The lowest BCUT2D eigenvalue weighted by atomic mass is 9.75. The molecule has 0 amide bonds. The molecule has 1 unspecified atom stereocenters. The molecule has 2 saturated heterocycles. The molecule has 4 N–H and O–H groups in total. The number of pyridine rings is 2. The van der Waals surface area contributed by atoms with E-state index in [-0.39, 0.29) is 11.5 Å². The Morgan fingerprint density at radius 3 is 2.54 bits per heavy atom. The van der Waals surface area contributed by atoms with E-state index in [0.29, 0.717) is 26.8 Å². The van der Waals surface area contributed by atoms with Crippen molar-refractivity contribution >= 4 is 69.7 Å². The SMILES string of the molecule is Nc1nccc(Sc2cn3c(N4CCC5(CC4)CN(c4ccnc(Cl)c4)CC5N)nc(Cl)cc3n2)c1Cl. The van der Waals surface area contributed by atoms with Gasteiger partial charge in [-0.3, -0.25) is 4.40 Å². The Morgan fingerprint density at radius 2 is 1.76 bits per heavy atom. The van der Waals surface area contributed by atoms with Crippen molar-refractivity contribution in [3.05, 3.63) is 58.2 Å². The highest BCUT2D eigenvalue weighted by Crippen LogP contribution is 2.42. The lowest BCUT2D eigenvalue weighted by molar-refractivity contribution is 0.220. The molecule has 4 aromatic heterocycles. The number of piperidine rings is 1. The summed E-state index contributed by atoms with van der Waals surface area (Å²) in [5.41, 5.74) is 14.4. The van der Waals surface area contributed by atoms with E-state index in [0.717, 1.165) is 60.6 Å². The van der Waals surface area contributed by atoms with Gasteiger partial charge in [0, 0.05) is 72.9 Å². The van der Waals surface area contributed by atoms with Crippen molar-refractivity contribution in [1.29, 1.82) is 0 Å². The molecule has 192 valence electrons. The molecule has 0 aliphatic carbocycles. The summed E-state index contributed by atoms with van der Waals surface area (Å²) in [6.07, 6.45) is 7.21. The largest absolute Gasteiger partial charge is 0.382 e. The molecule has 0 bridgehead atoms. The van der Waals surface area contributed by atoms with Crippen LogP contribution < -0.4 is 21.3 Å². The molecule has 2 fully saturated rings. The maximum absolute atomic E-state index is 6.72. The van der Waals surface area contributed by atoms with Gasteiger partial charge < -0.3 is 21.3 Å². The van der Waals surface area contributed by atoms with Crippen LogP contribution in [-0.2, 0) is 0 Å². The fourth-order valence-electron chi connectivity index (χ4n) is 5.29. The van der Waals surface area contributed by atoms with E-state index < -0.39 is 0 Å². The molecule has 6 rings (SSSR count). The number of aromatic nitrogens is 5. The van der Waals surface area contributed by atoms with Crippen LogP contribution >= 0.6 is 46.6 Å². The number of hydrogen-bond acceptors (Lipinski definition) is 9. The van der Waals surface area contributed by atoms with Crippen molar-refractivity contribution in [2.45, 2.75) is 28.8 Å². The number of anilines is 3. The summed E-state index contributed by atoms with van der Waals surface area (Å²) >= 11 is 20.3. The topological polar surface area (TPSA) is 114 Å². The van der Waals surface area contributed by atoms with Gasteiger partial charge in [0.05, 0.1) is 5.02 Å². The minimum atomic E-state index is 0.0257. The number of rotatable bonds is 4. The molecule has 1 spiro atoms. The quantitative estimate of drug-likeness (QED) is 0.265. The zero-order valence-corrected chi connectivity index (χ0v) is 22.8. The Hall–Kier alpha value is -2.50. The van der Waals surface area contributed by atoms with E-state index >= 15 is 0 Å². The van der Waals surface area contributed by atoms with Gasteiger partial charge in [-0.15, -0.1) is 0 Å². The van der Waals surface area contributed by atoms with Crippen LogP contribution in [0.5, 0.6) is 0 Å². The second kappa shape index (κ2) is 9.67. The molecule has 0 aromatic carbocycles. The molecule has 4 aromatic rings. The first-order valence-electron chi connectivity index (χ1n) is 11.8. The van der Waals surface area contributed by atoms with Crippen LogP contribution in [-0.4, -0.2) is 56.6 Å². The lowest BCUT2D eigenvalue weighted by Crippen LogP contribution is -2.49. The van der Waals surface area contributed by atoms with Crippen LogP contribution in [0.3, 0.4) is 0 Å². The van der Waals surface area contributed by atoms with E-state index in [1.54, 1.807) is 18.5 Å². The number of imidazole rings is 1. The van der Waals surface area contributed by atoms with Gasteiger partial charge in [-0.25, -0.2) is 19.9 Å². The van der Waals surface area contributed by atoms with Crippen molar-refractivity contribution < 1.29 is 0 Å². The van der Waals surface area contributed by atoms with Crippen LogP contribution in [0, 0.1) is 5.41 Å². The number of nitrogens with two attached hydrogens (primary N) is 2. The Kier molecular flexibility index (Phi) is 6.48. The standard InChI is InChI=1S/C24H24Cl3N9S/c25-17-9-14(1-5-30-17)35-11-16(28)24(13-35)3-7-34(8-4-24)23-32-18(26)10-19-33-20(12-36(19)23)37-15-2-6-31-22(29)21(15)27/h1-2,5-6,9-10,12,16H,3-4,7-8,11,13,28H2,(H2,29,31). The number of hydrogen-bond donors (Lipinski definition) is 2. The highest BCUT2D eigenvalue weighted by atomic mass is 35.5. The average molecular weight is 577 g/mol. The number of nitrogen functional groups attached to an aromatic ring is 1. The van der Waals surface area contributed by atoms with E-state index in [1.165, 1.54) is 11.8 Å². The van der Waals surface area contributed by atoms with Gasteiger partial charge in [0.25, 0.3) is 0 Å². The van der Waals surface area contributed by atoms with Gasteiger partial charge >= 0.3 is 0 Å². The minimum absolute atomic E-state index is 0.0257. The van der Waals surface area contributed by atoms with Gasteiger partial charge in [-0.05, 0) is 31.0 Å². The summed E-state index contributed by atoms with van der Waals surface area (Å²) in [6.45, 7) is 3.31. The van der Waals surface area contributed by atoms with Crippen molar-refractivity contribution in [3.8, 4) is 0 Å². The predicted molar refractivity (Wildman–Crippen MR) is 149 cm³/mol. The van der Waals surface area contributed by atoms with Crippen LogP contribution in [0.4, 0.5) is 17.5 Å². The summed E-state index contributed by atoms with van der Waals surface area (Å²) in [7, 11) is 0. The first-order chi connectivity index (χ1) is 17.8. The van der Waals surface area contributed by atoms with Gasteiger partial charge in [0.2, 0.25) is 5.95 Å². The summed E-state index contributed by atoms with van der Waals surface area (Å²) in [4.78, 5) is 22.9. The Morgan fingerprint density at radius 1 is 0.973 bits per heavy atom. The predicted octanol–water partition coefficient (Wildman–Crippen LogP) is 4.65. The van der Waals surface area contributed by atoms with Crippen molar-refractivity contribution in [2.75, 3.05) is 41.7 Å². The van der Waals surface area contributed by atoms with Crippen molar-refractivity contribution in [2.24, 2.45) is 11.1 Å². The molecular weight excluding hydrogens is 553 g/mol. The smallest absolute Gasteiger partial charge is 0.212 e. The van der Waals surface area contributed by atoms with Gasteiger partial charge in [0.1, 0.15) is 26.8 Å². The first kappa shape index (κ1) is 24.8.